The summed E-state index contributed by atoms with van der Waals surface area (Å²) in [4.78, 5) is 33.9. The highest BCUT2D eigenvalue weighted by Crippen LogP contribution is 2.57. The SMILES string of the molecule is CCC12CCC(=O)C=C1c1c(cc(OCC(=O)OCC(=O)O)c(Cl)c1Cl)C2. The molecule has 27 heavy (non-hydrogen) atoms. The Morgan fingerprint density at radius 2 is 2.00 bits per heavy atom. The lowest BCUT2D eigenvalue weighted by Crippen LogP contribution is -2.24. The number of allylic oxidation sites excluding steroid dienone is 2. The molecule has 1 aromatic carbocycles. The Kier molecular flexibility index (Phi) is 5.49. The van der Waals surface area contributed by atoms with Crippen LogP contribution in [0, 0.1) is 5.41 Å². The largest absolute Gasteiger partial charge is 0.480 e. The number of esters is 1. The summed E-state index contributed by atoms with van der Waals surface area (Å²) < 4.78 is 9.93. The van der Waals surface area contributed by atoms with Crippen LogP contribution in [0.15, 0.2) is 12.1 Å². The van der Waals surface area contributed by atoms with Gasteiger partial charge in [-0.3, -0.25) is 4.79 Å². The molecule has 0 aliphatic heterocycles. The van der Waals surface area contributed by atoms with E-state index in [1.54, 1.807) is 12.1 Å². The van der Waals surface area contributed by atoms with E-state index in [4.69, 9.17) is 33.0 Å². The van der Waals surface area contributed by atoms with E-state index < -0.39 is 25.2 Å². The maximum Gasteiger partial charge on any atom is 0.344 e. The van der Waals surface area contributed by atoms with Crippen molar-refractivity contribution in [2.75, 3.05) is 13.2 Å². The van der Waals surface area contributed by atoms with Crippen LogP contribution in [0.2, 0.25) is 10.0 Å². The van der Waals surface area contributed by atoms with E-state index in [-0.39, 0.29) is 22.0 Å². The fourth-order valence-corrected chi connectivity index (χ4v) is 4.29. The number of carboxylic acid groups (broad SMARTS) is 1. The van der Waals surface area contributed by atoms with Crippen molar-refractivity contribution in [3.8, 4) is 5.75 Å². The number of carboxylic acids is 1. The second-order valence-corrected chi connectivity index (χ2v) is 7.47. The van der Waals surface area contributed by atoms with E-state index in [1.165, 1.54) is 0 Å². The molecule has 0 saturated heterocycles. The second-order valence-electron chi connectivity index (χ2n) is 6.71. The number of carbonyl (C=O) groups is 3. The van der Waals surface area contributed by atoms with E-state index in [0.29, 0.717) is 17.9 Å². The lowest BCUT2D eigenvalue weighted by atomic mass is 9.71. The van der Waals surface area contributed by atoms with Gasteiger partial charge in [-0.05, 0) is 42.5 Å². The minimum Gasteiger partial charge on any atom is -0.480 e. The number of hydrogen-bond donors (Lipinski definition) is 1. The van der Waals surface area contributed by atoms with Crippen molar-refractivity contribution < 1.29 is 29.0 Å². The molecule has 0 heterocycles. The summed E-state index contributed by atoms with van der Waals surface area (Å²) >= 11 is 12.8. The van der Waals surface area contributed by atoms with Gasteiger partial charge in [0.05, 0.1) is 5.02 Å². The standard InChI is InChI=1S/C19H18Cl2O6/c1-2-19-4-3-11(22)6-12(19)16-10(7-19)5-13(17(20)18(16)21)26-9-15(25)27-8-14(23)24/h5-6H,2-4,7-9H2,1H3,(H,23,24). The summed E-state index contributed by atoms with van der Waals surface area (Å²) in [6.45, 7) is 0.866. The van der Waals surface area contributed by atoms with Crippen molar-refractivity contribution in [1.82, 2.24) is 0 Å². The van der Waals surface area contributed by atoms with Gasteiger partial charge in [0.2, 0.25) is 0 Å². The van der Waals surface area contributed by atoms with Crippen molar-refractivity contribution in [2.45, 2.75) is 32.6 Å². The summed E-state index contributed by atoms with van der Waals surface area (Å²) in [6, 6.07) is 1.73. The predicted molar refractivity (Wildman–Crippen MR) is 99.2 cm³/mol. The average molecular weight is 413 g/mol. The van der Waals surface area contributed by atoms with Gasteiger partial charge in [0, 0.05) is 17.4 Å². The van der Waals surface area contributed by atoms with E-state index in [0.717, 1.165) is 29.5 Å². The van der Waals surface area contributed by atoms with E-state index >= 15 is 0 Å². The van der Waals surface area contributed by atoms with Crippen LogP contribution in [0.1, 0.15) is 37.3 Å². The summed E-state index contributed by atoms with van der Waals surface area (Å²) in [5.74, 6) is -1.77. The summed E-state index contributed by atoms with van der Waals surface area (Å²) in [5, 5.41) is 8.95. The highest BCUT2D eigenvalue weighted by atomic mass is 35.5. The van der Waals surface area contributed by atoms with Crippen LogP contribution in [0.5, 0.6) is 5.75 Å². The van der Waals surface area contributed by atoms with Gasteiger partial charge in [-0.25, -0.2) is 9.59 Å². The maximum absolute atomic E-state index is 12.0. The fraction of sp³-hybridized carbons (Fsp3) is 0.421. The Hall–Kier alpha value is -2.05. The van der Waals surface area contributed by atoms with Crippen molar-refractivity contribution in [1.29, 1.82) is 0 Å². The number of fused-ring (bicyclic) bond motifs is 3. The fourth-order valence-electron chi connectivity index (χ4n) is 3.77. The molecule has 1 atom stereocenters. The second kappa shape index (κ2) is 7.52. The van der Waals surface area contributed by atoms with Crippen molar-refractivity contribution in [2.24, 2.45) is 5.41 Å². The Morgan fingerprint density at radius 3 is 2.67 bits per heavy atom. The number of ether oxygens (including phenoxy) is 2. The third-order valence-electron chi connectivity index (χ3n) is 5.16. The first-order valence-corrected chi connectivity index (χ1v) is 9.29. The summed E-state index contributed by atoms with van der Waals surface area (Å²) in [7, 11) is 0. The molecule has 6 nitrogen and oxygen atoms in total. The predicted octanol–water partition coefficient (Wildman–Crippen LogP) is 3.70. The molecule has 3 rings (SSSR count). The topological polar surface area (TPSA) is 89.9 Å². The molecule has 1 aromatic rings. The minimum absolute atomic E-state index is 0.0793. The van der Waals surface area contributed by atoms with Crippen LogP contribution in [0.3, 0.4) is 0 Å². The Labute approximate surface area is 166 Å². The van der Waals surface area contributed by atoms with Gasteiger partial charge in [-0.2, -0.15) is 0 Å². The number of carbonyl (C=O) groups excluding carboxylic acids is 2. The Balaban J connectivity index is 1.88. The Morgan fingerprint density at radius 1 is 1.26 bits per heavy atom. The zero-order chi connectivity index (χ0) is 19.8. The normalized spacial score (nSPS) is 20.6. The van der Waals surface area contributed by atoms with Gasteiger partial charge in [-0.15, -0.1) is 0 Å². The molecular weight excluding hydrogens is 395 g/mol. The molecule has 0 saturated carbocycles. The third-order valence-corrected chi connectivity index (χ3v) is 6.01. The molecule has 2 aliphatic rings. The van der Waals surface area contributed by atoms with Gasteiger partial charge in [0.25, 0.3) is 0 Å². The molecule has 2 aliphatic carbocycles. The van der Waals surface area contributed by atoms with Crippen molar-refractivity contribution in [3.05, 3.63) is 33.3 Å². The molecule has 0 aromatic heterocycles. The molecule has 0 spiro atoms. The number of ketones is 1. The van der Waals surface area contributed by atoms with Gasteiger partial charge in [0.1, 0.15) is 10.8 Å². The number of halogens is 2. The van der Waals surface area contributed by atoms with E-state index in [1.807, 2.05) is 0 Å². The number of hydrogen-bond acceptors (Lipinski definition) is 5. The van der Waals surface area contributed by atoms with Crippen molar-refractivity contribution >= 4 is 46.5 Å². The molecule has 0 bridgehead atoms. The molecule has 1 unspecified atom stereocenters. The van der Waals surface area contributed by atoms with Crippen LogP contribution in [-0.4, -0.2) is 36.0 Å². The first-order chi connectivity index (χ1) is 12.8. The molecule has 144 valence electrons. The molecule has 0 fully saturated rings. The minimum atomic E-state index is -1.25. The zero-order valence-electron chi connectivity index (χ0n) is 14.6. The monoisotopic (exact) mass is 412 g/mol. The maximum atomic E-state index is 12.0. The van der Waals surface area contributed by atoms with Gasteiger partial charge in [-0.1, -0.05) is 30.1 Å². The number of benzene rings is 1. The van der Waals surface area contributed by atoms with Crippen LogP contribution in [0.25, 0.3) is 5.57 Å². The molecule has 1 N–H and O–H groups in total. The number of aliphatic carboxylic acids is 1. The summed E-state index contributed by atoms with van der Waals surface area (Å²) in [5.41, 5.74) is 2.48. The highest BCUT2D eigenvalue weighted by Gasteiger charge is 2.44. The summed E-state index contributed by atoms with van der Waals surface area (Å²) in [6.07, 6.45) is 4.52. The average Bonchev–Trinajstić information content (AvgIpc) is 2.95. The van der Waals surface area contributed by atoms with Gasteiger partial charge in [0.15, 0.2) is 19.0 Å². The molecular formula is C19H18Cl2O6. The third kappa shape index (κ3) is 3.69. The Bertz CT molecular complexity index is 860. The van der Waals surface area contributed by atoms with Crippen LogP contribution in [0.4, 0.5) is 0 Å². The lowest BCUT2D eigenvalue weighted by Gasteiger charge is -2.32. The highest BCUT2D eigenvalue weighted by molar-refractivity contribution is 6.44. The van der Waals surface area contributed by atoms with Crippen LogP contribution < -0.4 is 4.74 Å². The lowest BCUT2D eigenvalue weighted by molar-refractivity contribution is -0.156. The van der Waals surface area contributed by atoms with Crippen LogP contribution >= 0.6 is 23.2 Å². The van der Waals surface area contributed by atoms with E-state index in [2.05, 4.69) is 11.7 Å². The van der Waals surface area contributed by atoms with E-state index in [9.17, 15) is 14.4 Å². The first kappa shape index (κ1) is 19.7. The molecule has 0 radical (unpaired) electrons. The zero-order valence-corrected chi connectivity index (χ0v) is 16.2. The van der Waals surface area contributed by atoms with Gasteiger partial charge >= 0.3 is 11.9 Å². The van der Waals surface area contributed by atoms with Crippen LogP contribution in [-0.2, 0) is 25.5 Å². The van der Waals surface area contributed by atoms with Crippen molar-refractivity contribution in [3.63, 3.8) is 0 Å². The first-order valence-electron chi connectivity index (χ1n) is 8.54. The van der Waals surface area contributed by atoms with Gasteiger partial charge < -0.3 is 14.6 Å². The smallest absolute Gasteiger partial charge is 0.344 e. The quantitative estimate of drug-likeness (QED) is 0.716. The molecule has 8 heteroatoms. The molecule has 0 amide bonds. The number of rotatable bonds is 6.